The van der Waals surface area contributed by atoms with Crippen LogP contribution in [0.15, 0.2) is 54.6 Å². The van der Waals surface area contributed by atoms with E-state index in [0.29, 0.717) is 42.9 Å². The molecule has 5 rings (SSSR count). The van der Waals surface area contributed by atoms with E-state index in [-0.39, 0.29) is 30.9 Å². The summed E-state index contributed by atoms with van der Waals surface area (Å²) >= 11 is 0. The topological polar surface area (TPSA) is 101 Å². The lowest BCUT2D eigenvalue weighted by molar-refractivity contribution is -0.139. The molecule has 0 saturated carbocycles. The summed E-state index contributed by atoms with van der Waals surface area (Å²) in [5.74, 6) is -1.11. The number of carbonyl (C=O) groups excluding carboxylic acids is 3. The zero-order valence-corrected chi connectivity index (χ0v) is 23.4. The van der Waals surface area contributed by atoms with Gasteiger partial charge in [0.05, 0.1) is 18.3 Å². The first-order chi connectivity index (χ1) is 19.3. The van der Waals surface area contributed by atoms with Gasteiger partial charge < -0.3 is 24.9 Å². The molecule has 3 aliphatic rings. The Hall–Kier alpha value is -3.49. The van der Waals surface area contributed by atoms with Crippen LogP contribution in [-0.4, -0.2) is 59.1 Å². The number of hydrogen-bond acceptors (Lipinski definition) is 5. The van der Waals surface area contributed by atoms with Gasteiger partial charge in [-0.15, -0.1) is 0 Å². The van der Waals surface area contributed by atoms with E-state index in [0.717, 1.165) is 36.8 Å². The standard InChI is InChI=1S/C32H39N3O5/c1-22(10-9-14-30(38)35-20-24-12-7-6-11-23(24)18-26(35)21-36)32(40)27-19-25(15-16-28(27)33(2)31(32)39)34-17-8-4-3-5-13-29(34)37/h6-7,9-12,15-16,19,22,26,36,40H,3-5,8,13-14,17-18,20-21H2,1-2H3/b10-9+/t22-,26+,32+/m1/s1. The summed E-state index contributed by atoms with van der Waals surface area (Å²) in [7, 11) is 1.64. The van der Waals surface area contributed by atoms with Crippen molar-refractivity contribution in [3.05, 3.63) is 71.3 Å². The van der Waals surface area contributed by atoms with Gasteiger partial charge in [0.2, 0.25) is 11.8 Å². The lowest BCUT2D eigenvalue weighted by atomic mass is 9.82. The van der Waals surface area contributed by atoms with Crippen LogP contribution in [0.2, 0.25) is 0 Å². The Labute approximate surface area is 235 Å². The number of rotatable bonds is 6. The van der Waals surface area contributed by atoms with Crippen LogP contribution in [0.3, 0.4) is 0 Å². The monoisotopic (exact) mass is 545 g/mol. The predicted molar refractivity (Wildman–Crippen MR) is 154 cm³/mol. The first-order valence-electron chi connectivity index (χ1n) is 14.3. The highest BCUT2D eigenvalue weighted by Gasteiger charge is 2.51. The molecule has 1 fully saturated rings. The Balaban J connectivity index is 1.34. The van der Waals surface area contributed by atoms with Gasteiger partial charge in [-0.3, -0.25) is 14.4 Å². The van der Waals surface area contributed by atoms with Crippen LogP contribution in [-0.2, 0) is 33.0 Å². The Morgan fingerprint density at radius 3 is 2.62 bits per heavy atom. The Kier molecular flexibility index (Phi) is 8.10. The minimum absolute atomic E-state index is 0.0637. The third-order valence-corrected chi connectivity index (χ3v) is 8.78. The lowest BCUT2D eigenvalue weighted by Crippen LogP contribution is -2.46. The summed E-state index contributed by atoms with van der Waals surface area (Å²) in [6.07, 6.45) is 8.54. The van der Waals surface area contributed by atoms with Crippen molar-refractivity contribution < 1.29 is 24.6 Å². The molecule has 0 aromatic heterocycles. The molecular formula is C32H39N3O5. The highest BCUT2D eigenvalue weighted by molar-refractivity contribution is 6.07. The Bertz CT molecular complexity index is 1320. The zero-order chi connectivity index (χ0) is 28.4. The summed E-state index contributed by atoms with van der Waals surface area (Å²) in [6.45, 7) is 2.72. The molecule has 1 saturated heterocycles. The molecule has 3 atom stereocenters. The van der Waals surface area contributed by atoms with E-state index in [9.17, 15) is 24.6 Å². The van der Waals surface area contributed by atoms with E-state index in [1.807, 2.05) is 30.3 Å². The normalized spacial score (nSPS) is 24.1. The largest absolute Gasteiger partial charge is 0.394 e. The fraction of sp³-hybridized carbons (Fsp3) is 0.469. The van der Waals surface area contributed by atoms with Gasteiger partial charge in [0.25, 0.3) is 5.91 Å². The zero-order valence-electron chi connectivity index (χ0n) is 23.4. The van der Waals surface area contributed by atoms with Gasteiger partial charge in [0.1, 0.15) is 0 Å². The van der Waals surface area contributed by atoms with E-state index in [1.54, 1.807) is 48.1 Å². The molecular weight excluding hydrogens is 506 g/mol. The molecule has 212 valence electrons. The first-order valence-corrected chi connectivity index (χ1v) is 14.3. The van der Waals surface area contributed by atoms with Crippen LogP contribution < -0.4 is 9.80 Å². The fourth-order valence-electron chi connectivity index (χ4n) is 6.31. The number of hydrogen-bond donors (Lipinski definition) is 2. The van der Waals surface area contributed by atoms with Crippen molar-refractivity contribution in [2.45, 2.75) is 70.1 Å². The van der Waals surface area contributed by atoms with Gasteiger partial charge in [0, 0.05) is 50.1 Å². The van der Waals surface area contributed by atoms with Crippen molar-refractivity contribution in [1.82, 2.24) is 4.90 Å². The van der Waals surface area contributed by atoms with Gasteiger partial charge in [0.15, 0.2) is 5.60 Å². The Morgan fingerprint density at radius 1 is 1.10 bits per heavy atom. The molecule has 0 unspecified atom stereocenters. The maximum atomic E-state index is 13.4. The number of amides is 3. The third kappa shape index (κ3) is 5.06. The second-order valence-electron chi connectivity index (χ2n) is 11.3. The molecule has 8 heteroatoms. The maximum Gasteiger partial charge on any atom is 0.264 e. The SMILES string of the molecule is C[C@H](/C=C/CC(=O)N1Cc2ccccc2C[C@H]1CO)[C@@]1(O)C(=O)N(C)c2ccc(N3CCCCCCC3=O)cc21. The second kappa shape index (κ2) is 11.6. The van der Waals surface area contributed by atoms with E-state index < -0.39 is 17.4 Å². The van der Waals surface area contributed by atoms with E-state index in [4.69, 9.17) is 0 Å². The molecule has 40 heavy (non-hydrogen) atoms. The van der Waals surface area contributed by atoms with Crippen LogP contribution in [0.5, 0.6) is 0 Å². The highest BCUT2D eigenvalue weighted by Crippen LogP contribution is 2.46. The molecule has 3 amide bonds. The molecule has 0 bridgehead atoms. The van der Waals surface area contributed by atoms with Crippen molar-refractivity contribution in [1.29, 1.82) is 0 Å². The summed E-state index contributed by atoms with van der Waals surface area (Å²) in [5.41, 5.74) is 2.20. The van der Waals surface area contributed by atoms with Crippen LogP contribution in [0.4, 0.5) is 11.4 Å². The van der Waals surface area contributed by atoms with Gasteiger partial charge in [-0.05, 0) is 48.6 Å². The van der Waals surface area contributed by atoms with E-state index in [2.05, 4.69) is 0 Å². The number of likely N-dealkylation sites (N-methyl/N-ethyl adjacent to an activating group) is 1. The van der Waals surface area contributed by atoms with Crippen LogP contribution >= 0.6 is 0 Å². The molecule has 3 heterocycles. The van der Waals surface area contributed by atoms with Gasteiger partial charge >= 0.3 is 0 Å². The van der Waals surface area contributed by atoms with Crippen molar-refractivity contribution in [2.75, 3.05) is 30.0 Å². The molecule has 0 spiro atoms. The first kappa shape index (κ1) is 28.1. The highest BCUT2D eigenvalue weighted by atomic mass is 16.3. The van der Waals surface area contributed by atoms with E-state index in [1.165, 1.54) is 4.90 Å². The fourth-order valence-corrected chi connectivity index (χ4v) is 6.31. The number of aliphatic hydroxyl groups excluding tert-OH is 1. The number of benzene rings is 2. The Morgan fingerprint density at radius 2 is 1.85 bits per heavy atom. The average Bonchev–Trinajstić information content (AvgIpc) is 3.15. The summed E-state index contributed by atoms with van der Waals surface area (Å²) < 4.78 is 0. The molecule has 0 radical (unpaired) electrons. The summed E-state index contributed by atoms with van der Waals surface area (Å²) in [5, 5.41) is 21.8. The molecule has 2 aromatic rings. The molecule has 2 N–H and O–H groups in total. The van der Waals surface area contributed by atoms with Gasteiger partial charge in [-0.25, -0.2) is 0 Å². The predicted octanol–water partition coefficient (Wildman–Crippen LogP) is 3.68. The minimum atomic E-state index is -1.82. The molecule has 8 nitrogen and oxygen atoms in total. The second-order valence-corrected chi connectivity index (χ2v) is 11.3. The summed E-state index contributed by atoms with van der Waals surface area (Å²) in [4.78, 5) is 44.4. The van der Waals surface area contributed by atoms with Crippen molar-refractivity contribution in [3.63, 3.8) is 0 Å². The van der Waals surface area contributed by atoms with Crippen LogP contribution in [0.1, 0.15) is 62.1 Å². The summed E-state index contributed by atoms with van der Waals surface area (Å²) in [6, 6.07) is 13.1. The smallest absolute Gasteiger partial charge is 0.264 e. The lowest BCUT2D eigenvalue weighted by Gasteiger charge is -2.36. The number of anilines is 2. The van der Waals surface area contributed by atoms with Gasteiger partial charge in [-0.2, -0.15) is 0 Å². The molecule has 0 aliphatic carbocycles. The minimum Gasteiger partial charge on any atom is -0.394 e. The number of fused-ring (bicyclic) bond motifs is 2. The quantitative estimate of drug-likeness (QED) is 0.540. The average molecular weight is 546 g/mol. The van der Waals surface area contributed by atoms with E-state index >= 15 is 0 Å². The molecule has 2 aromatic carbocycles. The van der Waals surface area contributed by atoms with Crippen LogP contribution in [0.25, 0.3) is 0 Å². The number of nitrogens with zero attached hydrogens (tertiary/aromatic N) is 3. The number of carbonyl (C=O) groups is 3. The van der Waals surface area contributed by atoms with Crippen LogP contribution in [0, 0.1) is 5.92 Å². The van der Waals surface area contributed by atoms with Gasteiger partial charge in [-0.1, -0.05) is 56.2 Å². The maximum absolute atomic E-state index is 13.4. The van der Waals surface area contributed by atoms with Crippen molar-refractivity contribution in [2.24, 2.45) is 5.92 Å². The number of aliphatic hydroxyl groups is 2. The van der Waals surface area contributed by atoms with Crippen molar-refractivity contribution in [3.8, 4) is 0 Å². The molecule has 3 aliphatic heterocycles. The third-order valence-electron chi connectivity index (χ3n) is 8.78. The van der Waals surface area contributed by atoms with Crippen molar-refractivity contribution >= 4 is 29.1 Å².